The van der Waals surface area contributed by atoms with Crippen molar-refractivity contribution in [3.05, 3.63) is 11.1 Å². The average molecular weight is 222 g/mol. The SMILES string of the molecule is CN(C(=O)c1csnn1)C1(C#N)CCC1. The number of hydrogen-bond acceptors (Lipinski definition) is 5. The summed E-state index contributed by atoms with van der Waals surface area (Å²) in [5.41, 5.74) is -0.287. The molecule has 0 aliphatic heterocycles. The van der Waals surface area contributed by atoms with Gasteiger partial charge in [0, 0.05) is 12.4 Å². The van der Waals surface area contributed by atoms with Crippen LogP contribution in [0.5, 0.6) is 0 Å². The highest BCUT2D eigenvalue weighted by Crippen LogP contribution is 2.36. The van der Waals surface area contributed by atoms with Crippen molar-refractivity contribution >= 4 is 17.4 Å². The van der Waals surface area contributed by atoms with E-state index in [0.29, 0.717) is 5.69 Å². The first kappa shape index (κ1) is 10.1. The van der Waals surface area contributed by atoms with E-state index in [2.05, 4.69) is 15.7 Å². The molecule has 1 aliphatic rings. The lowest BCUT2D eigenvalue weighted by Crippen LogP contribution is -2.53. The summed E-state index contributed by atoms with van der Waals surface area (Å²) in [5.74, 6) is -0.218. The third-order valence-corrected chi connectivity index (χ3v) is 3.42. The van der Waals surface area contributed by atoms with E-state index in [1.54, 1.807) is 12.4 Å². The molecule has 0 bridgehead atoms. The van der Waals surface area contributed by atoms with Crippen LogP contribution in [-0.2, 0) is 0 Å². The van der Waals surface area contributed by atoms with Crippen molar-refractivity contribution in [2.24, 2.45) is 0 Å². The Hall–Kier alpha value is -1.48. The molecular weight excluding hydrogens is 212 g/mol. The van der Waals surface area contributed by atoms with Crippen LogP contribution in [0.4, 0.5) is 0 Å². The molecule has 2 rings (SSSR count). The van der Waals surface area contributed by atoms with Crippen LogP contribution in [0.1, 0.15) is 29.8 Å². The van der Waals surface area contributed by atoms with E-state index < -0.39 is 5.54 Å². The summed E-state index contributed by atoms with van der Waals surface area (Å²) in [6.45, 7) is 0. The number of amides is 1. The highest BCUT2D eigenvalue weighted by molar-refractivity contribution is 7.03. The van der Waals surface area contributed by atoms with Crippen LogP contribution in [0.2, 0.25) is 0 Å². The van der Waals surface area contributed by atoms with Crippen LogP contribution in [0.15, 0.2) is 5.38 Å². The molecule has 0 unspecified atom stereocenters. The number of hydrogen-bond donors (Lipinski definition) is 0. The fourth-order valence-electron chi connectivity index (χ4n) is 1.66. The number of carbonyl (C=O) groups is 1. The Labute approximate surface area is 91.5 Å². The van der Waals surface area contributed by atoms with Crippen LogP contribution in [0.3, 0.4) is 0 Å². The summed E-state index contributed by atoms with van der Waals surface area (Å²) in [6, 6.07) is 2.22. The number of carbonyl (C=O) groups excluding carboxylic acids is 1. The van der Waals surface area contributed by atoms with E-state index in [1.165, 1.54) is 4.90 Å². The number of rotatable bonds is 2. The average Bonchev–Trinajstić information content (AvgIpc) is 2.68. The predicted octanol–water partition coefficient (Wildman–Crippen LogP) is 1.06. The molecule has 1 fully saturated rings. The molecule has 0 spiro atoms. The van der Waals surface area contributed by atoms with Crippen molar-refractivity contribution in [2.75, 3.05) is 7.05 Å². The van der Waals surface area contributed by atoms with Crippen molar-refractivity contribution in [2.45, 2.75) is 24.8 Å². The molecule has 6 heteroatoms. The normalized spacial score (nSPS) is 17.6. The van der Waals surface area contributed by atoms with Gasteiger partial charge in [-0.25, -0.2) is 0 Å². The first-order valence-electron chi connectivity index (χ1n) is 4.66. The van der Waals surface area contributed by atoms with Crippen LogP contribution >= 0.6 is 11.5 Å². The van der Waals surface area contributed by atoms with E-state index in [4.69, 9.17) is 5.26 Å². The van der Waals surface area contributed by atoms with E-state index in [9.17, 15) is 4.79 Å². The van der Waals surface area contributed by atoms with Crippen LogP contribution < -0.4 is 0 Å². The maximum Gasteiger partial charge on any atom is 0.276 e. The lowest BCUT2D eigenvalue weighted by molar-refractivity contribution is 0.0492. The molecule has 5 nitrogen and oxygen atoms in total. The number of nitrogens with zero attached hydrogens (tertiary/aromatic N) is 4. The highest BCUT2D eigenvalue weighted by atomic mass is 32.1. The van der Waals surface area contributed by atoms with Crippen LogP contribution in [-0.4, -0.2) is 33.0 Å². The number of nitriles is 1. The monoisotopic (exact) mass is 222 g/mol. The van der Waals surface area contributed by atoms with Crippen molar-refractivity contribution < 1.29 is 4.79 Å². The third kappa shape index (κ3) is 1.49. The summed E-state index contributed by atoms with van der Waals surface area (Å²) < 4.78 is 3.64. The zero-order valence-corrected chi connectivity index (χ0v) is 9.12. The fourth-order valence-corrected chi connectivity index (χ4v) is 2.09. The Bertz CT molecular complexity index is 404. The van der Waals surface area contributed by atoms with Gasteiger partial charge in [-0.3, -0.25) is 4.79 Å². The largest absolute Gasteiger partial charge is 0.322 e. The topological polar surface area (TPSA) is 69.9 Å². The van der Waals surface area contributed by atoms with Crippen molar-refractivity contribution in [3.8, 4) is 6.07 Å². The van der Waals surface area contributed by atoms with Gasteiger partial charge in [0.25, 0.3) is 5.91 Å². The van der Waals surface area contributed by atoms with Gasteiger partial charge in [0.05, 0.1) is 6.07 Å². The van der Waals surface area contributed by atoms with Gasteiger partial charge in [0.2, 0.25) is 0 Å². The molecule has 15 heavy (non-hydrogen) atoms. The summed E-state index contributed by atoms with van der Waals surface area (Å²) in [6.07, 6.45) is 2.51. The quantitative estimate of drug-likeness (QED) is 0.750. The van der Waals surface area contributed by atoms with Crippen molar-refractivity contribution in [1.82, 2.24) is 14.5 Å². The summed E-state index contributed by atoms with van der Waals surface area (Å²) >= 11 is 1.14. The lowest BCUT2D eigenvalue weighted by atomic mass is 9.76. The summed E-state index contributed by atoms with van der Waals surface area (Å²) in [4.78, 5) is 13.4. The summed E-state index contributed by atoms with van der Waals surface area (Å²) in [5, 5.41) is 14.4. The minimum absolute atomic E-state index is 0.218. The molecule has 0 atom stereocenters. The predicted molar refractivity (Wildman–Crippen MR) is 54.2 cm³/mol. The molecule has 1 aromatic heterocycles. The molecule has 0 radical (unpaired) electrons. The van der Waals surface area contributed by atoms with Gasteiger partial charge < -0.3 is 4.90 Å². The molecular formula is C9H10N4OS. The zero-order valence-electron chi connectivity index (χ0n) is 8.30. The maximum atomic E-state index is 11.9. The third-order valence-electron chi connectivity index (χ3n) is 2.91. The minimum atomic E-state index is -0.610. The Morgan fingerprint density at radius 2 is 2.47 bits per heavy atom. The summed E-state index contributed by atoms with van der Waals surface area (Å²) in [7, 11) is 1.66. The Morgan fingerprint density at radius 1 is 1.73 bits per heavy atom. The second kappa shape index (κ2) is 3.59. The molecule has 1 heterocycles. The molecule has 1 aromatic rings. The van der Waals surface area contributed by atoms with Gasteiger partial charge in [-0.1, -0.05) is 4.49 Å². The lowest BCUT2D eigenvalue weighted by Gasteiger charge is -2.42. The van der Waals surface area contributed by atoms with Crippen molar-refractivity contribution in [1.29, 1.82) is 5.26 Å². The molecule has 1 aliphatic carbocycles. The van der Waals surface area contributed by atoms with Crippen molar-refractivity contribution in [3.63, 3.8) is 0 Å². The molecule has 1 amide bonds. The van der Waals surface area contributed by atoms with Crippen LogP contribution in [0, 0.1) is 11.3 Å². The molecule has 0 N–H and O–H groups in total. The van der Waals surface area contributed by atoms with E-state index in [-0.39, 0.29) is 5.91 Å². The highest BCUT2D eigenvalue weighted by Gasteiger charge is 2.44. The molecule has 1 saturated carbocycles. The minimum Gasteiger partial charge on any atom is -0.322 e. The first-order valence-corrected chi connectivity index (χ1v) is 5.50. The van der Waals surface area contributed by atoms with E-state index >= 15 is 0 Å². The standard InChI is InChI=1S/C9H10N4OS/c1-13(9(6-10)3-2-4-9)8(14)7-5-15-12-11-7/h5H,2-4H2,1H3. The van der Waals surface area contributed by atoms with Gasteiger partial charge in [-0.15, -0.1) is 5.10 Å². The van der Waals surface area contributed by atoms with Gasteiger partial charge in [0.1, 0.15) is 5.54 Å². The fraction of sp³-hybridized carbons (Fsp3) is 0.556. The first-order chi connectivity index (χ1) is 7.19. The van der Waals surface area contributed by atoms with E-state index in [1.807, 2.05) is 0 Å². The van der Waals surface area contributed by atoms with Gasteiger partial charge in [0.15, 0.2) is 5.69 Å². The van der Waals surface area contributed by atoms with Gasteiger partial charge in [-0.2, -0.15) is 5.26 Å². The Balaban J connectivity index is 2.18. The number of aromatic nitrogens is 2. The molecule has 78 valence electrons. The van der Waals surface area contributed by atoms with Gasteiger partial charge >= 0.3 is 0 Å². The van der Waals surface area contributed by atoms with Crippen LogP contribution in [0.25, 0.3) is 0 Å². The Morgan fingerprint density at radius 3 is 2.87 bits per heavy atom. The molecule has 0 aromatic carbocycles. The smallest absolute Gasteiger partial charge is 0.276 e. The zero-order chi connectivity index (χ0) is 10.9. The maximum absolute atomic E-state index is 11.9. The van der Waals surface area contributed by atoms with Gasteiger partial charge in [-0.05, 0) is 30.8 Å². The Kier molecular flexibility index (Phi) is 2.40. The second-order valence-corrected chi connectivity index (χ2v) is 4.26. The van der Waals surface area contributed by atoms with E-state index in [0.717, 1.165) is 30.8 Å². The second-order valence-electron chi connectivity index (χ2n) is 3.65. The molecule has 0 saturated heterocycles.